The first-order valence-electron chi connectivity index (χ1n) is 11.3. The highest BCUT2D eigenvalue weighted by atomic mass is 16.5. The summed E-state index contributed by atoms with van der Waals surface area (Å²) in [6.45, 7) is 3.68. The molecule has 2 N–H and O–H groups in total. The van der Waals surface area contributed by atoms with Gasteiger partial charge in [-0.1, -0.05) is 50.5 Å². The molecule has 0 heterocycles. The molecule has 0 aromatic heterocycles. The van der Waals surface area contributed by atoms with Crippen LogP contribution in [0.4, 0.5) is 5.69 Å². The number of carbonyl (C=O) groups excluding carboxylic acids is 3. The van der Waals surface area contributed by atoms with E-state index in [4.69, 9.17) is 9.47 Å². The summed E-state index contributed by atoms with van der Waals surface area (Å²) in [7, 11) is 3.15. The second-order valence-corrected chi connectivity index (χ2v) is 7.93. The quantitative estimate of drug-likeness (QED) is 0.355. The fraction of sp³-hybridized carbons (Fsp3) is 0.423. The third-order valence-corrected chi connectivity index (χ3v) is 5.44. The smallest absolute Gasteiger partial charge is 0.302 e. The molecule has 0 fully saturated rings. The van der Waals surface area contributed by atoms with Crippen LogP contribution >= 0.6 is 0 Å². The standard InChI is InChI=1S/C26H34N2O5/c1-5-6-7-10-20(21-14-13-19(15-24(21)32-4)17-33-18(2)29)16-25(30)28-23-12-9-8-11-22(23)26(31)27-3/h8-9,11-15,20H,5-7,10,16-17H2,1-4H3,(H,27,31)(H,28,30). The van der Waals surface area contributed by atoms with E-state index in [0.29, 0.717) is 17.0 Å². The summed E-state index contributed by atoms with van der Waals surface area (Å²) >= 11 is 0. The van der Waals surface area contributed by atoms with E-state index in [1.54, 1.807) is 38.4 Å². The lowest BCUT2D eigenvalue weighted by Crippen LogP contribution is -2.22. The van der Waals surface area contributed by atoms with Crippen LogP contribution in [0.25, 0.3) is 0 Å². The van der Waals surface area contributed by atoms with E-state index < -0.39 is 0 Å². The Balaban J connectivity index is 2.23. The Morgan fingerprint density at radius 3 is 2.48 bits per heavy atom. The van der Waals surface area contributed by atoms with Crippen LogP contribution in [0.2, 0.25) is 0 Å². The minimum atomic E-state index is -0.343. The summed E-state index contributed by atoms with van der Waals surface area (Å²) in [4.78, 5) is 36.3. The van der Waals surface area contributed by atoms with Crippen molar-refractivity contribution >= 4 is 23.5 Å². The Labute approximate surface area is 195 Å². The number of para-hydroxylation sites is 1. The van der Waals surface area contributed by atoms with E-state index in [2.05, 4.69) is 17.6 Å². The van der Waals surface area contributed by atoms with Crippen molar-refractivity contribution in [1.29, 1.82) is 0 Å². The molecule has 2 aromatic rings. The highest BCUT2D eigenvalue weighted by Gasteiger charge is 2.21. The monoisotopic (exact) mass is 454 g/mol. The molecule has 2 aromatic carbocycles. The van der Waals surface area contributed by atoms with Gasteiger partial charge in [-0.25, -0.2) is 0 Å². The predicted molar refractivity (Wildman–Crippen MR) is 128 cm³/mol. The van der Waals surface area contributed by atoms with Crippen LogP contribution in [0, 0.1) is 0 Å². The van der Waals surface area contributed by atoms with Crippen molar-refractivity contribution in [1.82, 2.24) is 5.32 Å². The molecular weight excluding hydrogens is 420 g/mol. The summed E-state index contributed by atoms with van der Waals surface area (Å²) in [5.41, 5.74) is 2.66. The van der Waals surface area contributed by atoms with E-state index in [1.165, 1.54) is 6.92 Å². The minimum absolute atomic E-state index is 0.0542. The number of methoxy groups -OCH3 is 1. The number of anilines is 1. The van der Waals surface area contributed by atoms with E-state index >= 15 is 0 Å². The Kier molecular flexibility index (Phi) is 10.4. The summed E-state index contributed by atoms with van der Waals surface area (Å²) < 4.78 is 10.7. The Bertz CT molecular complexity index is 957. The summed E-state index contributed by atoms with van der Waals surface area (Å²) in [6.07, 6.45) is 4.23. The second-order valence-electron chi connectivity index (χ2n) is 7.93. The Morgan fingerprint density at radius 2 is 1.82 bits per heavy atom. The van der Waals surface area contributed by atoms with Crippen LogP contribution in [-0.4, -0.2) is 31.9 Å². The molecule has 33 heavy (non-hydrogen) atoms. The molecule has 1 unspecified atom stereocenters. The van der Waals surface area contributed by atoms with Gasteiger partial charge in [-0.2, -0.15) is 0 Å². The van der Waals surface area contributed by atoms with Gasteiger partial charge in [-0.3, -0.25) is 14.4 Å². The normalized spacial score (nSPS) is 11.4. The molecule has 0 aliphatic rings. The second kappa shape index (κ2) is 13.3. The van der Waals surface area contributed by atoms with Gasteiger partial charge in [-0.15, -0.1) is 0 Å². The molecule has 0 radical (unpaired) electrons. The van der Waals surface area contributed by atoms with Crippen molar-refractivity contribution in [3.63, 3.8) is 0 Å². The maximum Gasteiger partial charge on any atom is 0.302 e. The molecule has 0 spiro atoms. The number of nitrogens with one attached hydrogen (secondary N) is 2. The van der Waals surface area contributed by atoms with Crippen LogP contribution < -0.4 is 15.4 Å². The third-order valence-electron chi connectivity index (χ3n) is 5.44. The van der Waals surface area contributed by atoms with E-state index in [1.807, 2.05) is 18.2 Å². The fourth-order valence-corrected chi connectivity index (χ4v) is 3.73. The van der Waals surface area contributed by atoms with Crippen LogP contribution in [0.1, 0.15) is 73.4 Å². The summed E-state index contributed by atoms with van der Waals surface area (Å²) in [5.74, 6) is -0.153. The Morgan fingerprint density at radius 1 is 1.06 bits per heavy atom. The van der Waals surface area contributed by atoms with Crippen molar-refractivity contribution in [2.24, 2.45) is 0 Å². The maximum absolute atomic E-state index is 13.0. The molecule has 178 valence electrons. The highest BCUT2D eigenvalue weighted by Crippen LogP contribution is 2.34. The zero-order valence-corrected chi connectivity index (χ0v) is 19.9. The average Bonchev–Trinajstić information content (AvgIpc) is 2.81. The van der Waals surface area contributed by atoms with Crippen molar-refractivity contribution < 1.29 is 23.9 Å². The molecule has 2 rings (SSSR count). The summed E-state index contributed by atoms with van der Waals surface area (Å²) in [6, 6.07) is 12.6. The lowest BCUT2D eigenvalue weighted by atomic mass is 9.88. The number of hydrogen-bond acceptors (Lipinski definition) is 5. The number of benzene rings is 2. The van der Waals surface area contributed by atoms with Gasteiger partial charge in [-0.05, 0) is 41.7 Å². The molecule has 7 nitrogen and oxygen atoms in total. The van der Waals surface area contributed by atoms with Gasteiger partial charge in [0.15, 0.2) is 0 Å². The summed E-state index contributed by atoms with van der Waals surface area (Å²) in [5, 5.41) is 5.50. The van der Waals surface area contributed by atoms with Crippen LogP contribution in [0.3, 0.4) is 0 Å². The van der Waals surface area contributed by atoms with E-state index in [0.717, 1.165) is 36.8 Å². The number of unbranched alkanes of at least 4 members (excludes halogenated alkanes) is 2. The molecule has 0 saturated carbocycles. The van der Waals surface area contributed by atoms with Gasteiger partial charge in [0.2, 0.25) is 5.91 Å². The molecule has 0 bridgehead atoms. The lowest BCUT2D eigenvalue weighted by molar-refractivity contribution is -0.142. The van der Waals surface area contributed by atoms with Gasteiger partial charge in [0.25, 0.3) is 5.91 Å². The maximum atomic E-state index is 13.0. The molecule has 0 saturated heterocycles. The number of ether oxygens (including phenoxy) is 2. The third kappa shape index (κ3) is 7.93. The SMILES string of the molecule is CCCCCC(CC(=O)Nc1ccccc1C(=O)NC)c1ccc(COC(C)=O)cc1OC. The van der Waals surface area contributed by atoms with Gasteiger partial charge < -0.3 is 20.1 Å². The predicted octanol–water partition coefficient (Wildman–Crippen LogP) is 4.81. The van der Waals surface area contributed by atoms with Gasteiger partial charge in [0.1, 0.15) is 12.4 Å². The van der Waals surface area contributed by atoms with Crippen molar-refractivity contribution in [2.75, 3.05) is 19.5 Å². The number of rotatable bonds is 12. The molecule has 2 amide bonds. The molecule has 0 aliphatic carbocycles. The van der Waals surface area contributed by atoms with E-state index in [-0.39, 0.29) is 36.7 Å². The van der Waals surface area contributed by atoms with Gasteiger partial charge >= 0.3 is 5.97 Å². The molecule has 7 heteroatoms. The zero-order chi connectivity index (χ0) is 24.2. The molecule has 0 aliphatic heterocycles. The van der Waals surface area contributed by atoms with Crippen molar-refractivity contribution in [2.45, 2.75) is 58.5 Å². The van der Waals surface area contributed by atoms with Crippen LogP contribution in [-0.2, 0) is 20.9 Å². The first kappa shape index (κ1) is 25.9. The fourth-order valence-electron chi connectivity index (χ4n) is 3.73. The van der Waals surface area contributed by atoms with E-state index in [9.17, 15) is 14.4 Å². The highest BCUT2D eigenvalue weighted by molar-refractivity contribution is 6.03. The van der Waals surface area contributed by atoms with Crippen molar-refractivity contribution in [3.05, 3.63) is 59.2 Å². The number of hydrogen-bond donors (Lipinski definition) is 2. The Hall–Kier alpha value is -3.35. The molecule has 1 atom stereocenters. The van der Waals surface area contributed by atoms with Gasteiger partial charge in [0.05, 0.1) is 18.4 Å². The topological polar surface area (TPSA) is 93.7 Å². The lowest BCUT2D eigenvalue weighted by Gasteiger charge is -2.21. The largest absolute Gasteiger partial charge is 0.496 e. The van der Waals surface area contributed by atoms with Crippen LogP contribution in [0.5, 0.6) is 5.75 Å². The van der Waals surface area contributed by atoms with Crippen molar-refractivity contribution in [3.8, 4) is 5.75 Å². The number of carbonyl (C=O) groups is 3. The average molecular weight is 455 g/mol. The number of esters is 1. The van der Waals surface area contributed by atoms with Gasteiger partial charge in [0, 0.05) is 20.4 Å². The molecular formula is C26H34N2O5. The first-order valence-corrected chi connectivity index (χ1v) is 11.3. The van der Waals surface area contributed by atoms with Crippen LogP contribution in [0.15, 0.2) is 42.5 Å². The number of amides is 2. The minimum Gasteiger partial charge on any atom is -0.496 e. The zero-order valence-electron chi connectivity index (χ0n) is 19.9. The first-order chi connectivity index (χ1) is 15.9.